The highest BCUT2D eigenvalue weighted by Crippen LogP contribution is 2.27. The molecule has 1 saturated heterocycles. The molecule has 0 aromatic heterocycles. The van der Waals surface area contributed by atoms with E-state index in [0.29, 0.717) is 13.2 Å². The summed E-state index contributed by atoms with van der Waals surface area (Å²) in [7, 11) is 1.74. The van der Waals surface area contributed by atoms with Gasteiger partial charge in [0.25, 0.3) is 0 Å². The monoisotopic (exact) mass is 275 g/mol. The lowest BCUT2D eigenvalue weighted by molar-refractivity contribution is -0.0398. The van der Waals surface area contributed by atoms with E-state index in [1.54, 1.807) is 13.2 Å². The van der Waals surface area contributed by atoms with Gasteiger partial charge in [0.05, 0.1) is 24.5 Å². The zero-order valence-electron chi connectivity index (χ0n) is 11.7. The van der Waals surface area contributed by atoms with Crippen molar-refractivity contribution in [3.8, 4) is 0 Å². The molecule has 1 atom stereocenters. The molecule has 0 unspecified atom stereocenters. The molecule has 0 aromatic carbocycles. The molecule has 1 fully saturated rings. The van der Waals surface area contributed by atoms with Crippen LogP contribution in [0.1, 0.15) is 6.42 Å². The molecule has 6 heteroatoms. The molecule has 0 saturated carbocycles. The highest BCUT2D eigenvalue weighted by Gasteiger charge is 2.37. The predicted octanol–water partition coefficient (Wildman–Crippen LogP) is 0.592. The molecule has 0 bridgehead atoms. The van der Waals surface area contributed by atoms with Crippen molar-refractivity contribution >= 4 is 11.5 Å². The summed E-state index contributed by atoms with van der Waals surface area (Å²) in [4.78, 5) is 4.32. The van der Waals surface area contributed by atoms with Gasteiger partial charge in [-0.3, -0.25) is 4.99 Å². The number of aliphatic imine (C=N–C) groups is 1. The van der Waals surface area contributed by atoms with Crippen LogP contribution < -0.4 is 11.5 Å². The standard InChI is InChI=1S/C14H21N5O/c1-3-10(5-4-6-15)13-12(7-16)14(17-2)19(18-13)11-8-20-9-11/h3-4,6-7,10-11H,1,5,8-9,15-16H2,2H3/b6-4+,12-7-,17-14+/t10-/m1/s1. The van der Waals surface area contributed by atoms with Gasteiger partial charge in [-0.2, -0.15) is 5.10 Å². The van der Waals surface area contributed by atoms with Crippen molar-refractivity contribution in [2.75, 3.05) is 20.3 Å². The van der Waals surface area contributed by atoms with E-state index in [9.17, 15) is 0 Å². The second-order valence-corrected chi connectivity index (χ2v) is 4.65. The van der Waals surface area contributed by atoms with E-state index >= 15 is 0 Å². The Hall–Kier alpha value is -2.08. The van der Waals surface area contributed by atoms with Crippen LogP contribution in [0.3, 0.4) is 0 Å². The minimum Gasteiger partial charge on any atom is -0.405 e. The van der Waals surface area contributed by atoms with Crippen LogP contribution in [-0.4, -0.2) is 42.9 Å². The molecule has 20 heavy (non-hydrogen) atoms. The summed E-state index contributed by atoms with van der Waals surface area (Å²) < 4.78 is 5.23. The highest BCUT2D eigenvalue weighted by atomic mass is 16.5. The molecule has 2 rings (SSSR count). The first-order valence-corrected chi connectivity index (χ1v) is 6.61. The lowest BCUT2D eigenvalue weighted by Crippen LogP contribution is -2.47. The molecule has 0 spiro atoms. The Morgan fingerprint density at radius 3 is 2.75 bits per heavy atom. The van der Waals surface area contributed by atoms with Crippen LogP contribution in [0.4, 0.5) is 0 Å². The average Bonchev–Trinajstić information content (AvgIpc) is 2.76. The van der Waals surface area contributed by atoms with Gasteiger partial charge in [0, 0.05) is 19.2 Å². The van der Waals surface area contributed by atoms with E-state index in [0.717, 1.165) is 23.5 Å². The Kier molecular flexibility index (Phi) is 4.57. The second-order valence-electron chi connectivity index (χ2n) is 4.65. The molecule has 2 aliphatic rings. The van der Waals surface area contributed by atoms with Crippen molar-refractivity contribution < 1.29 is 4.74 Å². The maximum Gasteiger partial charge on any atom is 0.155 e. The van der Waals surface area contributed by atoms with E-state index in [2.05, 4.69) is 16.7 Å². The minimum absolute atomic E-state index is 0.0624. The summed E-state index contributed by atoms with van der Waals surface area (Å²) in [5.74, 6) is 0.853. The van der Waals surface area contributed by atoms with Crippen LogP contribution in [-0.2, 0) is 4.74 Å². The van der Waals surface area contributed by atoms with Crippen molar-refractivity contribution in [3.63, 3.8) is 0 Å². The molecule has 0 amide bonds. The largest absolute Gasteiger partial charge is 0.405 e. The molecule has 2 heterocycles. The molecule has 0 radical (unpaired) electrons. The van der Waals surface area contributed by atoms with E-state index in [1.807, 2.05) is 17.2 Å². The van der Waals surface area contributed by atoms with Crippen LogP contribution >= 0.6 is 0 Å². The SMILES string of the molecule is C=C[C@H](C/C=C/N)C1=NN(C2COC2)C(=N/C)/C1=C\N. The van der Waals surface area contributed by atoms with Crippen LogP contribution in [0.2, 0.25) is 0 Å². The number of amidine groups is 1. The highest BCUT2D eigenvalue weighted by molar-refractivity contribution is 6.27. The third-order valence-corrected chi connectivity index (χ3v) is 3.46. The average molecular weight is 275 g/mol. The number of hydrazone groups is 1. The van der Waals surface area contributed by atoms with E-state index in [4.69, 9.17) is 16.2 Å². The lowest BCUT2D eigenvalue weighted by Gasteiger charge is -2.33. The van der Waals surface area contributed by atoms with Gasteiger partial charge in [-0.15, -0.1) is 6.58 Å². The number of ether oxygens (including phenoxy) is 1. The third kappa shape index (κ3) is 2.46. The van der Waals surface area contributed by atoms with E-state index in [-0.39, 0.29) is 12.0 Å². The molecular weight excluding hydrogens is 254 g/mol. The Balaban J connectivity index is 2.31. The van der Waals surface area contributed by atoms with E-state index < -0.39 is 0 Å². The van der Waals surface area contributed by atoms with Crippen molar-refractivity contribution in [2.45, 2.75) is 12.5 Å². The summed E-state index contributed by atoms with van der Waals surface area (Å²) in [5, 5.41) is 6.59. The fourth-order valence-electron chi connectivity index (χ4n) is 2.28. The van der Waals surface area contributed by atoms with Crippen molar-refractivity contribution in [1.29, 1.82) is 0 Å². The van der Waals surface area contributed by atoms with Gasteiger partial charge in [-0.05, 0) is 12.6 Å². The quantitative estimate of drug-likeness (QED) is 0.719. The fraction of sp³-hybridized carbons (Fsp3) is 0.429. The van der Waals surface area contributed by atoms with E-state index in [1.165, 1.54) is 6.20 Å². The number of allylic oxidation sites excluding steroid dienone is 2. The molecule has 6 nitrogen and oxygen atoms in total. The zero-order chi connectivity index (χ0) is 14.5. The first-order chi connectivity index (χ1) is 9.76. The molecule has 108 valence electrons. The van der Waals surface area contributed by atoms with Crippen molar-refractivity contribution in [1.82, 2.24) is 5.01 Å². The topological polar surface area (TPSA) is 89.2 Å². The Morgan fingerprint density at radius 1 is 1.55 bits per heavy atom. The lowest BCUT2D eigenvalue weighted by atomic mass is 9.94. The number of rotatable bonds is 5. The fourth-order valence-corrected chi connectivity index (χ4v) is 2.28. The number of nitrogens with zero attached hydrogens (tertiary/aromatic N) is 3. The molecular formula is C14H21N5O. The Morgan fingerprint density at radius 2 is 2.30 bits per heavy atom. The van der Waals surface area contributed by atoms with Gasteiger partial charge in [0.1, 0.15) is 6.04 Å². The molecule has 0 aliphatic carbocycles. The number of nitrogens with two attached hydrogens (primary N) is 2. The number of hydrogen-bond donors (Lipinski definition) is 2. The van der Waals surface area contributed by atoms with Crippen molar-refractivity contribution in [3.05, 3.63) is 36.7 Å². The summed E-state index contributed by atoms with van der Waals surface area (Å²) in [5.41, 5.74) is 12.9. The van der Waals surface area contributed by atoms with Gasteiger partial charge >= 0.3 is 0 Å². The van der Waals surface area contributed by atoms with Crippen LogP contribution in [0.5, 0.6) is 0 Å². The summed E-state index contributed by atoms with van der Waals surface area (Å²) in [6, 6.07) is 0.233. The van der Waals surface area contributed by atoms with Gasteiger partial charge < -0.3 is 16.2 Å². The first kappa shape index (κ1) is 14.3. The third-order valence-electron chi connectivity index (χ3n) is 3.46. The molecule has 0 aromatic rings. The molecule has 4 N–H and O–H groups in total. The van der Waals surface area contributed by atoms with Crippen LogP contribution in [0.25, 0.3) is 0 Å². The van der Waals surface area contributed by atoms with Crippen molar-refractivity contribution in [2.24, 2.45) is 27.5 Å². The zero-order valence-corrected chi connectivity index (χ0v) is 11.7. The van der Waals surface area contributed by atoms with Crippen LogP contribution in [0.15, 0.2) is 46.8 Å². The molecule has 2 aliphatic heterocycles. The summed E-state index contributed by atoms with van der Waals surface area (Å²) in [6.07, 6.45) is 7.58. The number of hydrogen-bond acceptors (Lipinski definition) is 5. The smallest absolute Gasteiger partial charge is 0.155 e. The predicted molar refractivity (Wildman–Crippen MR) is 81.1 cm³/mol. The summed E-state index contributed by atoms with van der Waals surface area (Å²) in [6.45, 7) is 5.20. The maximum absolute atomic E-state index is 5.77. The Bertz CT molecular complexity index is 488. The van der Waals surface area contributed by atoms with Gasteiger partial charge in [0.15, 0.2) is 5.84 Å². The van der Waals surface area contributed by atoms with Crippen LogP contribution in [0, 0.1) is 5.92 Å². The minimum atomic E-state index is 0.0624. The maximum atomic E-state index is 5.77. The second kappa shape index (κ2) is 6.38. The summed E-state index contributed by atoms with van der Waals surface area (Å²) >= 11 is 0. The first-order valence-electron chi connectivity index (χ1n) is 6.61. The van der Waals surface area contributed by atoms with Gasteiger partial charge in [0.2, 0.25) is 0 Å². The van der Waals surface area contributed by atoms with Gasteiger partial charge in [-0.1, -0.05) is 12.2 Å². The Labute approximate surface area is 119 Å². The normalized spacial score (nSPS) is 25.2. The van der Waals surface area contributed by atoms with Gasteiger partial charge in [-0.25, -0.2) is 5.01 Å².